The molecule has 1 aromatic carbocycles. The second kappa shape index (κ2) is 6.31. The van der Waals surface area contributed by atoms with Gasteiger partial charge in [-0.3, -0.25) is 0 Å². The summed E-state index contributed by atoms with van der Waals surface area (Å²) in [7, 11) is 0. The molecule has 2 nitrogen and oxygen atoms in total. The first-order valence-electron chi connectivity index (χ1n) is 6.55. The van der Waals surface area contributed by atoms with Crippen LogP contribution in [-0.2, 0) is 0 Å². The molecule has 1 unspecified atom stereocenters. The van der Waals surface area contributed by atoms with E-state index in [0.717, 1.165) is 27.6 Å². The Morgan fingerprint density at radius 3 is 2.79 bits per heavy atom. The summed E-state index contributed by atoms with van der Waals surface area (Å²) in [6.07, 6.45) is 2.21. The Kier molecular flexibility index (Phi) is 4.72. The smallest absolute Gasteiger partial charge is 0.0762 e. The van der Waals surface area contributed by atoms with Gasteiger partial charge in [-0.25, -0.2) is 4.98 Å². The number of nitrogens with zero attached hydrogens (tertiary/aromatic N) is 1. The van der Waals surface area contributed by atoms with E-state index >= 15 is 0 Å². The van der Waals surface area contributed by atoms with Crippen LogP contribution in [0.2, 0.25) is 0 Å². The Morgan fingerprint density at radius 1 is 1.37 bits per heavy atom. The number of benzene rings is 1. The summed E-state index contributed by atoms with van der Waals surface area (Å²) < 4.78 is 1.05. The quantitative estimate of drug-likeness (QED) is 0.832. The molecule has 0 saturated heterocycles. The Morgan fingerprint density at radius 2 is 2.11 bits per heavy atom. The second-order valence-electron chi connectivity index (χ2n) is 4.83. The number of hydrogen-bond acceptors (Lipinski definition) is 2. The summed E-state index contributed by atoms with van der Waals surface area (Å²) >= 11 is 3.65. The maximum absolute atomic E-state index is 4.79. The number of likely N-dealkylation sites (N-methyl/N-ethyl adjacent to an activating group) is 1. The number of halogens is 1. The fourth-order valence-electron chi connectivity index (χ4n) is 2.11. The first-order chi connectivity index (χ1) is 9.11. The van der Waals surface area contributed by atoms with Crippen molar-refractivity contribution >= 4 is 26.8 Å². The van der Waals surface area contributed by atoms with E-state index in [9.17, 15) is 0 Å². The van der Waals surface area contributed by atoms with Gasteiger partial charge in [0.15, 0.2) is 0 Å². The summed E-state index contributed by atoms with van der Waals surface area (Å²) in [6, 6.07) is 10.5. The molecule has 1 aromatic heterocycles. The Balaban J connectivity index is 2.52. The zero-order valence-electron chi connectivity index (χ0n) is 11.6. The molecule has 0 aliphatic heterocycles. The molecule has 0 bridgehead atoms. The molecule has 3 heteroatoms. The minimum Gasteiger partial charge on any atom is -0.306 e. The van der Waals surface area contributed by atoms with Crippen molar-refractivity contribution in [3.63, 3.8) is 0 Å². The van der Waals surface area contributed by atoms with Gasteiger partial charge in [0.25, 0.3) is 0 Å². The minimum absolute atomic E-state index is 0.147. The maximum Gasteiger partial charge on any atom is 0.0762 e. The highest BCUT2D eigenvalue weighted by Crippen LogP contribution is 2.27. The van der Waals surface area contributed by atoms with Gasteiger partial charge in [-0.1, -0.05) is 36.8 Å². The molecule has 1 N–H and O–H groups in total. The molecule has 100 valence electrons. The zero-order valence-corrected chi connectivity index (χ0v) is 13.2. The topological polar surface area (TPSA) is 24.9 Å². The molecule has 0 radical (unpaired) electrons. The van der Waals surface area contributed by atoms with E-state index in [-0.39, 0.29) is 6.04 Å². The highest BCUT2D eigenvalue weighted by Gasteiger charge is 2.13. The van der Waals surface area contributed by atoms with Gasteiger partial charge in [-0.15, -0.1) is 0 Å². The highest BCUT2D eigenvalue weighted by atomic mass is 79.9. The zero-order chi connectivity index (χ0) is 13.8. The summed E-state index contributed by atoms with van der Waals surface area (Å²) in [5, 5.41) is 4.62. The molecule has 0 amide bonds. The van der Waals surface area contributed by atoms with Crippen LogP contribution in [0.1, 0.15) is 32.5 Å². The SMILES string of the molecule is CCNC(C=C(C)C)c1nc2ccccc2cc1Br. The number of hydrogen-bond donors (Lipinski definition) is 1. The van der Waals surface area contributed by atoms with Crippen LogP contribution in [0.5, 0.6) is 0 Å². The maximum atomic E-state index is 4.79. The third-order valence-corrected chi connectivity index (χ3v) is 3.56. The van der Waals surface area contributed by atoms with E-state index in [1.54, 1.807) is 0 Å². The second-order valence-corrected chi connectivity index (χ2v) is 5.68. The molecule has 0 fully saturated rings. The average Bonchev–Trinajstić information content (AvgIpc) is 2.37. The summed E-state index contributed by atoms with van der Waals surface area (Å²) in [5.74, 6) is 0. The van der Waals surface area contributed by atoms with Gasteiger partial charge in [0, 0.05) is 9.86 Å². The fraction of sp³-hybridized carbons (Fsp3) is 0.312. The lowest BCUT2D eigenvalue weighted by molar-refractivity contribution is 0.629. The molecule has 0 saturated carbocycles. The molecular weight excluding hydrogens is 300 g/mol. The molecule has 2 aromatic rings. The standard InChI is InChI=1S/C16H19BrN2/c1-4-18-15(9-11(2)3)16-13(17)10-12-7-5-6-8-14(12)19-16/h5-10,15,18H,4H2,1-3H3. The van der Waals surface area contributed by atoms with Crippen LogP contribution in [-0.4, -0.2) is 11.5 Å². The van der Waals surface area contributed by atoms with E-state index in [1.165, 1.54) is 5.57 Å². The van der Waals surface area contributed by atoms with Crippen molar-refractivity contribution < 1.29 is 0 Å². The Bertz CT molecular complexity index is 601. The predicted molar refractivity (Wildman–Crippen MR) is 85.3 cm³/mol. The van der Waals surface area contributed by atoms with Gasteiger partial charge in [0.05, 0.1) is 17.3 Å². The lowest BCUT2D eigenvalue weighted by Gasteiger charge is -2.16. The van der Waals surface area contributed by atoms with Gasteiger partial charge in [0.2, 0.25) is 0 Å². The predicted octanol–water partition coefficient (Wildman–Crippen LogP) is 4.61. The third kappa shape index (κ3) is 3.43. The van der Waals surface area contributed by atoms with Crippen molar-refractivity contribution in [1.29, 1.82) is 0 Å². The molecule has 1 atom stereocenters. The van der Waals surface area contributed by atoms with Crippen LogP contribution < -0.4 is 5.32 Å². The lowest BCUT2D eigenvalue weighted by atomic mass is 10.1. The van der Waals surface area contributed by atoms with E-state index in [4.69, 9.17) is 4.98 Å². The molecule has 2 rings (SSSR count). The molecular formula is C16H19BrN2. The Hall–Kier alpha value is -1.19. The van der Waals surface area contributed by atoms with Crippen molar-refractivity contribution in [3.8, 4) is 0 Å². The number of para-hydroxylation sites is 1. The molecule has 0 aliphatic carbocycles. The summed E-state index contributed by atoms with van der Waals surface area (Å²) in [6.45, 7) is 7.24. The van der Waals surface area contributed by atoms with Crippen molar-refractivity contribution in [1.82, 2.24) is 10.3 Å². The van der Waals surface area contributed by atoms with Crippen LogP contribution in [0, 0.1) is 0 Å². The number of aromatic nitrogens is 1. The van der Waals surface area contributed by atoms with E-state index < -0.39 is 0 Å². The number of nitrogens with one attached hydrogen (secondary N) is 1. The monoisotopic (exact) mass is 318 g/mol. The highest BCUT2D eigenvalue weighted by molar-refractivity contribution is 9.10. The van der Waals surface area contributed by atoms with Crippen LogP contribution in [0.3, 0.4) is 0 Å². The van der Waals surface area contributed by atoms with E-state index in [2.05, 4.69) is 66.3 Å². The van der Waals surface area contributed by atoms with Crippen molar-refractivity contribution in [2.75, 3.05) is 6.54 Å². The first-order valence-corrected chi connectivity index (χ1v) is 7.34. The molecule has 1 heterocycles. The van der Waals surface area contributed by atoms with Gasteiger partial charge in [-0.05, 0) is 48.5 Å². The average molecular weight is 319 g/mol. The van der Waals surface area contributed by atoms with Crippen molar-refractivity contribution in [2.45, 2.75) is 26.8 Å². The van der Waals surface area contributed by atoms with E-state index in [0.29, 0.717) is 0 Å². The van der Waals surface area contributed by atoms with E-state index in [1.807, 2.05) is 12.1 Å². The number of allylic oxidation sites excluding steroid dienone is 1. The van der Waals surface area contributed by atoms with Crippen LogP contribution in [0.25, 0.3) is 10.9 Å². The fourth-order valence-corrected chi connectivity index (χ4v) is 2.69. The summed E-state index contributed by atoms with van der Waals surface area (Å²) in [5.41, 5.74) is 3.36. The number of rotatable bonds is 4. The largest absolute Gasteiger partial charge is 0.306 e. The molecule has 0 spiro atoms. The third-order valence-electron chi connectivity index (χ3n) is 2.92. The van der Waals surface area contributed by atoms with Crippen LogP contribution >= 0.6 is 15.9 Å². The first kappa shape index (κ1) is 14.2. The number of pyridine rings is 1. The molecule has 0 aliphatic rings. The minimum atomic E-state index is 0.147. The van der Waals surface area contributed by atoms with Gasteiger partial charge in [0.1, 0.15) is 0 Å². The van der Waals surface area contributed by atoms with Crippen molar-refractivity contribution in [2.24, 2.45) is 0 Å². The van der Waals surface area contributed by atoms with Crippen LogP contribution in [0.4, 0.5) is 0 Å². The molecule has 19 heavy (non-hydrogen) atoms. The van der Waals surface area contributed by atoms with Crippen molar-refractivity contribution in [3.05, 3.63) is 52.1 Å². The normalized spacial score (nSPS) is 12.4. The summed E-state index contributed by atoms with van der Waals surface area (Å²) in [4.78, 5) is 4.79. The van der Waals surface area contributed by atoms with Crippen LogP contribution in [0.15, 0.2) is 46.5 Å². The number of fused-ring (bicyclic) bond motifs is 1. The van der Waals surface area contributed by atoms with Gasteiger partial charge >= 0.3 is 0 Å². The van der Waals surface area contributed by atoms with Gasteiger partial charge < -0.3 is 5.32 Å². The Labute approximate surface area is 123 Å². The van der Waals surface area contributed by atoms with Gasteiger partial charge in [-0.2, -0.15) is 0 Å². The lowest BCUT2D eigenvalue weighted by Crippen LogP contribution is -2.20.